The standard InChI is InChI=1S/C11H18ClNO4/c1-16-11(15)13-9(10(14)17-7-12)8-5-3-2-4-6-8/h8-9H,2-7H2,1H3,(H,13,15)/t9-/m0/s1. The van der Waals surface area contributed by atoms with Gasteiger partial charge in [0.05, 0.1) is 7.11 Å². The third kappa shape index (κ3) is 4.42. The van der Waals surface area contributed by atoms with Crippen LogP contribution in [0.25, 0.3) is 0 Å². The van der Waals surface area contributed by atoms with Gasteiger partial charge in [0.25, 0.3) is 0 Å². The molecule has 6 heteroatoms. The third-order valence-corrected chi connectivity index (χ3v) is 3.14. The smallest absolute Gasteiger partial charge is 0.407 e. The summed E-state index contributed by atoms with van der Waals surface area (Å²) in [5, 5.41) is 2.53. The summed E-state index contributed by atoms with van der Waals surface area (Å²) < 4.78 is 9.27. The summed E-state index contributed by atoms with van der Waals surface area (Å²) in [4.78, 5) is 22.9. The Hall–Kier alpha value is -0.970. The van der Waals surface area contributed by atoms with E-state index in [9.17, 15) is 9.59 Å². The molecule has 1 atom stereocenters. The molecule has 0 saturated heterocycles. The molecule has 0 aromatic heterocycles. The number of amides is 1. The fourth-order valence-corrected chi connectivity index (χ4v) is 2.27. The van der Waals surface area contributed by atoms with E-state index >= 15 is 0 Å². The van der Waals surface area contributed by atoms with Crippen molar-refractivity contribution >= 4 is 23.7 Å². The second kappa shape index (κ2) is 7.37. The molecule has 0 unspecified atom stereocenters. The maximum atomic E-state index is 11.7. The minimum Gasteiger partial charge on any atom is -0.453 e. The van der Waals surface area contributed by atoms with Crippen molar-refractivity contribution < 1.29 is 19.1 Å². The van der Waals surface area contributed by atoms with E-state index in [0.717, 1.165) is 25.7 Å². The maximum Gasteiger partial charge on any atom is 0.407 e. The second-order valence-corrected chi connectivity index (χ2v) is 4.30. The number of ether oxygens (including phenoxy) is 2. The molecule has 1 amide bonds. The number of rotatable bonds is 4. The lowest BCUT2D eigenvalue weighted by atomic mass is 9.84. The van der Waals surface area contributed by atoms with Gasteiger partial charge in [-0.25, -0.2) is 9.59 Å². The number of hydrogen-bond acceptors (Lipinski definition) is 4. The highest BCUT2D eigenvalue weighted by atomic mass is 35.5. The zero-order chi connectivity index (χ0) is 12.7. The summed E-state index contributed by atoms with van der Waals surface area (Å²) in [6, 6.07) is -0.855. The Morgan fingerprint density at radius 3 is 2.53 bits per heavy atom. The predicted molar refractivity (Wildman–Crippen MR) is 62.7 cm³/mol. The third-order valence-electron chi connectivity index (χ3n) is 3.03. The molecule has 17 heavy (non-hydrogen) atoms. The van der Waals surface area contributed by atoms with Crippen LogP contribution in [0.5, 0.6) is 0 Å². The highest BCUT2D eigenvalue weighted by Gasteiger charge is 2.32. The van der Waals surface area contributed by atoms with E-state index in [-0.39, 0.29) is 12.0 Å². The quantitative estimate of drug-likeness (QED) is 0.623. The SMILES string of the molecule is COC(=O)N[C@H](C(=O)OCCl)C1CCCCC1. The maximum absolute atomic E-state index is 11.7. The molecule has 0 bridgehead atoms. The first-order chi connectivity index (χ1) is 8.19. The van der Waals surface area contributed by atoms with Gasteiger partial charge in [-0.15, -0.1) is 0 Å². The minimum absolute atomic E-state index is 0.110. The van der Waals surface area contributed by atoms with E-state index in [4.69, 9.17) is 16.3 Å². The van der Waals surface area contributed by atoms with Gasteiger partial charge in [0, 0.05) is 0 Å². The fourth-order valence-electron chi connectivity index (χ4n) is 2.17. The van der Waals surface area contributed by atoms with Crippen LogP contribution in [-0.2, 0) is 14.3 Å². The topological polar surface area (TPSA) is 64.6 Å². The van der Waals surface area contributed by atoms with Gasteiger partial charge in [-0.3, -0.25) is 0 Å². The first-order valence-electron chi connectivity index (χ1n) is 5.76. The van der Waals surface area contributed by atoms with E-state index in [2.05, 4.69) is 10.1 Å². The Kier molecular flexibility index (Phi) is 6.11. The van der Waals surface area contributed by atoms with Gasteiger partial charge in [-0.1, -0.05) is 30.9 Å². The van der Waals surface area contributed by atoms with Crippen LogP contribution in [0.3, 0.4) is 0 Å². The number of esters is 1. The lowest BCUT2D eigenvalue weighted by Gasteiger charge is -2.28. The van der Waals surface area contributed by atoms with Crippen molar-refractivity contribution in [2.45, 2.75) is 38.1 Å². The van der Waals surface area contributed by atoms with Crippen LogP contribution in [0, 0.1) is 5.92 Å². The highest BCUT2D eigenvalue weighted by Crippen LogP contribution is 2.27. The Labute approximate surface area is 106 Å². The molecule has 1 rings (SSSR count). The number of alkyl halides is 1. The summed E-state index contributed by atoms with van der Waals surface area (Å²) in [6.45, 7) is 0. The Morgan fingerprint density at radius 1 is 1.35 bits per heavy atom. The van der Waals surface area contributed by atoms with E-state index in [1.54, 1.807) is 0 Å². The molecule has 98 valence electrons. The number of alkyl carbamates (subject to hydrolysis) is 1. The molecule has 0 heterocycles. The summed E-state index contributed by atoms with van der Waals surface area (Å²) in [7, 11) is 1.26. The van der Waals surface area contributed by atoms with Crippen molar-refractivity contribution in [1.82, 2.24) is 5.32 Å². The Bertz CT molecular complexity index is 266. The molecule has 5 nitrogen and oxygen atoms in total. The van der Waals surface area contributed by atoms with Gasteiger partial charge in [-0.2, -0.15) is 0 Å². The van der Waals surface area contributed by atoms with Crippen molar-refractivity contribution in [3.8, 4) is 0 Å². The zero-order valence-electron chi connectivity index (χ0n) is 9.91. The van der Waals surface area contributed by atoms with Crippen LogP contribution in [0.15, 0.2) is 0 Å². The predicted octanol–water partition coefficient (Wildman–Crippen LogP) is 2.03. The summed E-state index contributed by atoms with van der Waals surface area (Å²) in [5.41, 5.74) is 0. The molecule has 0 radical (unpaired) electrons. The van der Waals surface area contributed by atoms with Crippen LogP contribution in [0.2, 0.25) is 0 Å². The fraction of sp³-hybridized carbons (Fsp3) is 0.818. The van der Waals surface area contributed by atoms with Crippen molar-refractivity contribution in [3.05, 3.63) is 0 Å². The second-order valence-electron chi connectivity index (χ2n) is 4.08. The summed E-state index contributed by atoms with van der Waals surface area (Å²) >= 11 is 5.36. The zero-order valence-corrected chi connectivity index (χ0v) is 10.7. The first kappa shape index (κ1) is 14.1. The average Bonchev–Trinajstić information content (AvgIpc) is 2.36. The Balaban J connectivity index is 2.62. The van der Waals surface area contributed by atoms with Crippen LogP contribution < -0.4 is 5.32 Å². The van der Waals surface area contributed by atoms with Crippen LogP contribution in [0.1, 0.15) is 32.1 Å². The minimum atomic E-state index is -0.651. The molecular weight excluding hydrogens is 246 g/mol. The summed E-state index contributed by atoms with van der Waals surface area (Å²) in [5.74, 6) is -0.379. The molecule has 0 aromatic carbocycles. The number of carbonyl (C=O) groups is 2. The average molecular weight is 264 g/mol. The molecule has 1 aliphatic rings. The monoisotopic (exact) mass is 263 g/mol. The molecule has 0 aliphatic heterocycles. The van der Waals surface area contributed by atoms with Gasteiger partial charge >= 0.3 is 12.1 Å². The van der Waals surface area contributed by atoms with E-state index in [1.807, 2.05) is 0 Å². The number of hydrogen-bond donors (Lipinski definition) is 1. The van der Waals surface area contributed by atoms with Crippen molar-refractivity contribution in [3.63, 3.8) is 0 Å². The normalized spacial score (nSPS) is 18.2. The molecule has 1 N–H and O–H groups in total. The van der Waals surface area contributed by atoms with Crippen LogP contribution >= 0.6 is 11.6 Å². The van der Waals surface area contributed by atoms with E-state index in [0.29, 0.717) is 0 Å². The van der Waals surface area contributed by atoms with Crippen molar-refractivity contribution in [2.75, 3.05) is 13.2 Å². The number of carbonyl (C=O) groups excluding carboxylic acids is 2. The molecule has 1 fully saturated rings. The number of methoxy groups -OCH3 is 1. The number of nitrogens with one attached hydrogen (secondary N) is 1. The number of halogens is 1. The molecule has 1 aliphatic carbocycles. The van der Waals surface area contributed by atoms with Gasteiger partial charge < -0.3 is 14.8 Å². The Morgan fingerprint density at radius 2 is 2.00 bits per heavy atom. The van der Waals surface area contributed by atoms with Crippen LogP contribution in [-0.4, -0.2) is 31.3 Å². The van der Waals surface area contributed by atoms with Crippen molar-refractivity contribution in [1.29, 1.82) is 0 Å². The van der Waals surface area contributed by atoms with Gasteiger partial charge in [-0.05, 0) is 18.8 Å². The van der Waals surface area contributed by atoms with E-state index < -0.39 is 18.1 Å². The van der Waals surface area contributed by atoms with E-state index in [1.165, 1.54) is 13.5 Å². The lowest BCUT2D eigenvalue weighted by molar-refractivity contribution is -0.145. The van der Waals surface area contributed by atoms with Gasteiger partial charge in [0.1, 0.15) is 6.04 Å². The first-order valence-corrected chi connectivity index (χ1v) is 6.29. The highest BCUT2D eigenvalue weighted by molar-refractivity contribution is 6.17. The van der Waals surface area contributed by atoms with Crippen molar-refractivity contribution in [2.24, 2.45) is 5.92 Å². The molecular formula is C11H18ClNO4. The largest absolute Gasteiger partial charge is 0.453 e. The van der Waals surface area contributed by atoms with Gasteiger partial charge in [0.2, 0.25) is 0 Å². The molecule has 0 aromatic rings. The molecule has 1 saturated carbocycles. The lowest BCUT2D eigenvalue weighted by Crippen LogP contribution is -2.47. The summed E-state index contributed by atoms with van der Waals surface area (Å²) in [6.07, 6.45) is 4.51. The molecule has 0 spiro atoms. The van der Waals surface area contributed by atoms with Gasteiger partial charge in [0.15, 0.2) is 6.07 Å². The van der Waals surface area contributed by atoms with Crippen LogP contribution in [0.4, 0.5) is 4.79 Å².